The average molecular weight is 499 g/mol. The smallest absolute Gasteiger partial charge is 0.257 e. The molecule has 0 atom stereocenters. The number of nitrogens with one attached hydrogen (secondary N) is 2. The Morgan fingerprint density at radius 3 is 2.47 bits per heavy atom. The molecule has 8 heteroatoms. The molecule has 0 aliphatic rings. The standard InChI is InChI=1S/C28H20ClFN4O2/c1-16-11-19(12-24(29)33-16)21-13-22-26(35)23(28(36)32-14-17-5-3-2-4-6-17)15-31-27(22)34-25(21)18-7-9-20(30)10-8-18/h2-13,15H,14H2,1H3,(H,32,36)(H,31,34,35). The summed E-state index contributed by atoms with van der Waals surface area (Å²) in [5.41, 5.74) is 3.92. The van der Waals surface area contributed by atoms with Crippen molar-refractivity contribution in [2.75, 3.05) is 0 Å². The molecular formula is C28H20ClFN4O2. The Labute approximate surface area is 210 Å². The molecule has 0 aliphatic carbocycles. The van der Waals surface area contributed by atoms with Crippen molar-refractivity contribution in [3.05, 3.63) is 117 Å². The van der Waals surface area contributed by atoms with Gasteiger partial charge in [0.2, 0.25) is 5.43 Å². The molecule has 3 heterocycles. The number of carbonyl (C=O) groups excluding carboxylic acids is 1. The summed E-state index contributed by atoms with van der Waals surface area (Å²) in [6, 6.07) is 20.5. The van der Waals surface area contributed by atoms with E-state index in [4.69, 9.17) is 16.6 Å². The van der Waals surface area contributed by atoms with Crippen LogP contribution < -0.4 is 10.7 Å². The lowest BCUT2D eigenvalue weighted by molar-refractivity contribution is 0.0949. The van der Waals surface area contributed by atoms with Crippen LogP contribution >= 0.6 is 11.6 Å². The number of H-pyrrole nitrogens is 1. The fraction of sp³-hybridized carbons (Fsp3) is 0.0714. The minimum Gasteiger partial charge on any atom is -0.348 e. The number of fused-ring (bicyclic) bond motifs is 1. The summed E-state index contributed by atoms with van der Waals surface area (Å²) >= 11 is 6.22. The predicted octanol–water partition coefficient (Wildman–Crippen LogP) is 5.68. The highest BCUT2D eigenvalue weighted by Crippen LogP contribution is 2.33. The Morgan fingerprint density at radius 1 is 1.00 bits per heavy atom. The first kappa shape index (κ1) is 23.4. The first-order valence-electron chi connectivity index (χ1n) is 11.2. The van der Waals surface area contributed by atoms with Crippen LogP contribution in [0.3, 0.4) is 0 Å². The van der Waals surface area contributed by atoms with Gasteiger partial charge >= 0.3 is 0 Å². The Kier molecular flexibility index (Phi) is 6.31. The van der Waals surface area contributed by atoms with Crippen LogP contribution in [0.15, 0.2) is 83.8 Å². The lowest BCUT2D eigenvalue weighted by Gasteiger charge is -2.13. The number of aromatic amines is 1. The molecule has 5 aromatic rings. The molecule has 1 amide bonds. The van der Waals surface area contributed by atoms with Gasteiger partial charge in [0, 0.05) is 29.6 Å². The number of aryl methyl sites for hydroxylation is 1. The fourth-order valence-electron chi connectivity index (χ4n) is 4.02. The Bertz CT molecular complexity index is 1630. The highest BCUT2D eigenvalue weighted by molar-refractivity contribution is 6.29. The van der Waals surface area contributed by atoms with Gasteiger partial charge < -0.3 is 10.3 Å². The van der Waals surface area contributed by atoms with Gasteiger partial charge in [-0.3, -0.25) is 9.59 Å². The molecule has 0 spiro atoms. The number of pyridine rings is 3. The molecule has 5 rings (SSSR count). The van der Waals surface area contributed by atoms with Gasteiger partial charge in [0.05, 0.1) is 11.1 Å². The Hall–Kier alpha value is -4.36. The predicted molar refractivity (Wildman–Crippen MR) is 138 cm³/mol. The molecular weight excluding hydrogens is 479 g/mol. The van der Waals surface area contributed by atoms with Crippen LogP contribution in [0, 0.1) is 12.7 Å². The van der Waals surface area contributed by atoms with E-state index in [9.17, 15) is 14.0 Å². The van der Waals surface area contributed by atoms with E-state index in [-0.39, 0.29) is 21.9 Å². The zero-order valence-corrected chi connectivity index (χ0v) is 19.9. The van der Waals surface area contributed by atoms with Gasteiger partial charge in [-0.25, -0.2) is 14.4 Å². The summed E-state index contributed by atoms with van der Waals surface area (Å²) in [5.74, 6) is -0.864. The van der Waals surface area contributed by atoms with Gasteiger partial charge in [-0.05, 0) is 60.5 Å². The maximum Gasteiger partial charge on any atom is 0.257 e. The van der Waals surface area contributed by atoms with Crippen LogP contribution in [0.1, 0.15) is 21.6 Å². The number of benzene rings is 2. The lowest BCUT2D eigenvalue weighted by Crippen LogP contribution is -2.28. The summed E-state index contributed by atoms with van der Waals surface area (Å²) in [6.07, 6.45) is 1.36. The average Bonchev–Trinajstić information content (AvgIpc) is 2.87. The van der Waals surface area contributed by atoms with Crippen molar-refractivity contribution >= 4 is 28.5 Å². The van der Waals surface area contributed by atoms with E-state index in [1.807, 2.05) is 43.3 Å². The van der Waals surface area contributed by atoms with Crippen LogP contribution in [0.5, 0.6) is 0 Å². The minimum atomic E-state index is -0.492. The molecule has 36 heavy (non-hydrogen) atoms. The maximum absolute atomic E-state index is 13.6. The van der Waals surface area contributed by atoms with Crippen molar-refractivity contribution < 1.29 is 9.18 Å². The third-order valence-electron chi connectivity index (χ3n) is 5.76. The van der Waals surface area contributed by atoms with Crippen molar-refractivity contribution in [3.8, 4) is 22.4 Å². The highest BCUT2D eigenvalue weighted by Gasteiger charge is 2.18. The van der Waals surface area contributed by atoms with Gasteiger partial charge in [-0.15, -0.1) is 0 Å². The van der Waals surface area contributed by atoms with Crippen LogP contribution in [-0.2, 0) is 6.54 Å². The van der Waals surface area contributed by atoms with Gasteiger partial charge in [0.1, 0.15) is 22.2 Å². The van der Waals surface area contributed by atoms with Crippen molar-refractivity contribution in [2.45, 2.75) is 13.5 Å². The quantitative estimate of drug-likeness (QED) is 0.305. The number of halogens is 2. The number of amides is 1. The van der Waals surface area contributed by atoms with Crippen LogP contribution in [0.25, 0.3) is 33.4 Å². The highest BCUT2D eigenvalue weighted by atomic mass is 35.5. The lowest BCUT2D eigenvalue weighted by atomic mass is 9.97. The fourth-order valence-corrected chi connectivity index (χ4v) is 4.27. The monoisotopic (exact) mass is 498 g/mol. The molecule has 3 aromatic heterocycles. The van der Waals surface area contributed by atoms with Crippen molar-refractivity contribution in [1.29, 1.82) is 0 Å². The Morgan fingerprint density at radius 2 is 1.75 bits per heavy atom. The molecule has 178 valence electrons. The number of aromatic nitrogens is 3. The molecule has 0 bridgehead atoms. The van der Waals surface area contributed by atoms with Crippen LogP contribution in [0.4, 0.5) is 4.39 Å². The molecule has 0 fully saturated rings. The molecule has 2 aromatic carbocycles. The maximum atomic E-state index is 13.6. The van der Waals surface area contributed by atoms with Crippen molar-refractivity contribution in [2.24, 2.45) is 0 Å². The van der Waals surface area contributed by atoms with Gasteiger partial charge in [0.15, 0.2) is 0 Å². The summed E-state index contributed by atoms with van der Waals surface area (Å²) in [7, 11) is 0. The second-order valence-electron chi connectivity index (χ2n) is 8.31. The molecule has 6 nitrogen and oxygen atoms in total. The molecule has 2 N–H and O–H groups in total. The first-order chi connectivity index (χ1) is 17.4. The number of carbonyl (C=O) groups is 1. The number of hydrogen-bond donors (Lipinski definition) is 2. The Balaban J connectivity index is 1.63. The van der Waals surface area contributed by atoms with Gasteiger partial charge in [-0.1, -0.05) is 41.9 Å². The number of nitrogens with zero attached hydrogens (tertiary/aromatic N) is 2. The third kappa shape index (κ3) is 4.74. The van der Waals surface area contributed by atoms with E-state index in [1.54, 1.807) is 24.3 Å². The topological polar surface area (TPSA) is 87.7 Å². The summed E-state index contributed by atoms with van der Waals surface area (Å²) < 4.78 is 13.6. The zero-order chi connectivity index (χ0) is 25.2. The molecule has 0 saturated heterocycles. The number of hydrogen-bond acceptors (Lipinski definition) is 4. The molecule has 0 unspecified atom stereocenters. The number of rotatable bonds is 5. The van der Waals surface area contributed by atoms with E-state index in [0.29, 0.717) is 40.3 Å². The largest absolute Gasteiger partial charge is 0.348 e. The van der Waals surface area contributed by atoms with Crippen molar-refractivity contribution in [3.63, 3.8) is 0 Å². The first-order valence-corrected chi connectivity index (χ1v) is 11.6. The van der Waals surface area contributed by atoms with Crippen molar-refractivity contribution in [1.82, 2.24) is 20.3 Å². The van der Waals surface area contributed by atoms with Gasteiger partial charge in [-0.2, -0.15) is 0 Å². The molecule has 0 radical (unpaired) electrons. The minimum absolute atomic E-state index is 0.0235. The summed E-state index contributed by atoms with van der Waals surface area (Å²) in [6.45, 7) is 2.10. The van der Waals surface area contributed by atoms with Gasteiger partial charge in [0.25, 0.3) is 5.91 Å². The zero-order valence-electron chi connectivity index (χ0n) is 19.2. The molecule has 0 aliphatic heterocycles. The second-order valence-corrected chi connectivity index (χ2v) is 8.69. The van der Waals surface area contributed by atoms with E-state index in [2.05, 4.69) is 15.3 Å². The van der Waals surface area contributed by atoms with Crippen LogP contribution in [-0.4, -0.2) is 20.9 Å². The molecule has 0 saturated carbocycles. The summed E-state index contributed by atoms with van der Waals surface area (Å²) in [4.78, 5) is 38.1. The van der Waals surface area contributed by atoms with Crippen LogP contribution in [0.2, 0.25) is 5.15 Å². The SMILES string of the molecule is Cc1cc(-c2cc3c(=O)c(C(=O)NCc4ccccc4)c[nH]c3nc2-c2ccc(F)cc2)cc(Cl)n1. The van der Waals surface area contributed by atoms with E-state index < -0.39 is 11.3 Å². The van der Waals surface area contributed by atoms with E-state index >= 15 is 0 Å². The summed E-state index contributed by atoms with van der Waals surface area (Å²) in [5, 5.41) is 3.32. The normalized spacial score (nSPS) is 11.0. The van der Waals surface area contributed by atoms with E-state index in [1.165, 1.54) is 18.3 Å². The van der Waals surface area contributed by atoms with E-state index in [0.717, 1.165) is 5.56 Å². The second kappa shape index (κ2) is 9.71. The third-order valence-corrected chi connectivity index (χ3v) is 5.95.